The Morgan fingerprint density at radius 1 is 1.45 bits per heavy atom. The molecule has 0 saturated carbocycles. The van der Waals surface area contributed by atoms with Crippen LogP contribution in [-0.4, -0.2) is 41.5 Å². The van der Waals surface area contributed by atoms with Gasteiger partial charge < -0.3 is 4.90 Å². The maximum atomic E-state index is 12.4. The van der Waals surface area contributed by atoms with Gasteiger partial charge in [-0.1, -0.05) is 26.8 Å². The Bertz CT molecular complexity index is 486. The summed E-state index contributed by atoms with van der Waals surface area (Å²) in [4.78, 5) is 21.1. The van der Waals surface area contributed by atoms with Gasteiger partial charge in [-0.05, 0) is 43.9 Å². The molecular weight excluding hydrogens is 274 g/mol. The lowest BCUT2D eigenvalue weighted by Gasteiger charge is -2.40. The predicted molar refractivity (Wildman–Crippen MR) is 90.9 cm³/mol. The van der Waals surface area contributed by atoms with Crippen molar-refractivity contribution in [2.75, 3.05) is 24.5 Å². The van der Waals surface area contributed by atoms with Crippen molar-refractivity contribution in [1.82, 2.24) is 9.88 Å². The fourth-order valence-corrected chi connectivity index (χ4v) is 3.42. The molecule has 2 rings (SSSR count). The molecule has 2 heterocycles. The second kappa shape index (κ2) is 7.23. The van der Waals surface area contributed by atoms with Gasteiger partial charge in [-0.3, -0.25) is 9.69 Å². The van der Waals surface area contributed by atoms with Gasteiger partial charge in [0, 0.05) is 31.7 Å². The van der Waals surface area contributed by atoms with Crippen LogP contribution in [0.2, 0.25) is 0 Å². The minimum absolute atomic E-state index is 0.135. The van der Waals surface area contributed by atoms with Crippen LogP contribution in [0.15, 0.2) is 24.4 Å². The summed E-state index contributed by atoms with van der Waals surface area (Å²) in [6.07, 6.45) is 4.79. The van der Waals surface area contributed by atoms with Gasteiger partial charge in [-0.2, -0.15) is 0 Å². The van der Waals surface area contributed by atoms with E-state index < -0.39 is 0 Å². The first kappa shape index (κ1) is 16.9. The molecule has 1 fully saturated rings. The fourth-order valence-electron chi connectivity index (χ4n) is 3.42. The molecule has 0 aromatic carbocycles. The van der Waals surface area contributed by atoms with Crippen LogP contribution in [0.3, 0.4) is 0 Å². The molecule has 1 saturated heterocycles. The number of carbonyl (C=O) groups excluding carboxylic acids is 1. The lowest BCUT2D eigenvalue weighted by atomic mass is 9.84. The number of aromatic nitrogens is 1. The van der Waals surface area contributed by atoms with Gasteiger partial charge in [0.15, 0.2) is 0 Å². The minimum Gasteiger partial charge on any atom is -0.301 e. The van der Waals surface area contributed by atoms with Crippen LogP contribution in [0, 0.1) is 5.41 Å². The minimum atomic E-state index is 0.135. The van der Waals surface area contributed by atoms with Crippen molar-refractivity contribution in [2.24, 2.45) is 5.41 Å². The number of amides is 1. The van der Waals surface area contributed by atoms with Crippen LogP contribution < -0.4 is 4.90 Å². The average molecular weight is 303 g/mol. The third kappa shape index (κ3) is 4.29. The molecule has 1 amide bonds. The quantitative estimate of drug-likeness (QED) is 0.837. The van der Waals surface area contributed by atoms with Crippen molar-refractivity contribution in [3.05, 3.63) is 24.4 Å². The van der Waals surface area contributed by atoms with E-state index in [4.69, 9.17) is 0 Å². The molecule has 0 radical (unpaired) electrons. The maximum Gasteiger partial charge on any atom is 0.228 e. The summed E-state index contributed by atoms with van der Waals surface area (Å²) in [5.74, 6) is 0.903. The molecule has 0 unspecified atom stereocenters. The number of piperidine rings is 1. The fraction of sp³-hybridized carbons (Fsp3) is 0.667. The maximum absolute atomic E-state index is 12.4. The molecule has 1 atom stereocenters. The number of hydrogen-bond acceptors (Lipinski definition) is 3. The first-order chi connectivity index (χ1) is 10.4. The van der Waals surface area contributed by atoms with Crippen molar-refractivity contribution in [3.63, 3.8) is 0 Å². The third-order valence-electron chi connectivity index (χ3n) is 4.41. The summed E-state index contributed by atoms with van der Waals surface area (Å²) in [7, 11) is 0. The van der Waals surface area contributed by atoms with Crippen LogP contribution in [-0.2, 0) is 4.79 Å². The zero-order valence-corrected chi connectivity index (χ0v) is 14.4. The molecule has 0 bridgehead atoms. The Hall–Kier alpha value is -1.42. The smallest absolute Gasteiger partial charge is 0.228 e. The Balaban J connectivity index is 2.09. The molecular formula is C18H29N3O. The standard InChI is InChI=1S/C18H29N3O/c1-5-17(22)21(16-9-6-7-11-19-16)15(2)13-20-12-8-10-18(3,4)14-20/h6-7,9,11,15H,5,8,10,12-14H2,1-4H3/t15-/m1/s1. The number of carbonyl (C=O) groups is 1. The largest absolute Gasteiger partial charge is 0.301 e. The highest BCUT2D eigenvalue weighted by atomic mass is 16.2. The van der Waals surface area contributed by atoms with E-state index in [0.717, 1.165) is 25.5 Å². The van der Waals surface area contributed by atoms with Crippen LogP contribution >= 0.6 is 0 Å². The molecule has 0 spiro atoms. The summed E-state index contributed by atoms with van der Waals surface area (Å²) < 4.78 is 0. The van der Waals surface area contributed by atoms with Crippen LogP contribution in [0.5, 0.6) is 0 Å². The van der Waals surface area contributed by atoms with Gasteiger partial charge in [0.1, 0.15) is 5.82 Å². The molecule has 0 N–H and O–H groups in total. The third-order valence-corrected chi connectivity index (χ3v) is 4.41. The van der Waals surface area contributed by atoms with Crippen LogP contribution in [0.4, 0.5) is 5.82 Å². The van der Waals surface area contributed by atoms with Gasteiger partial charge >= 0.3 is 0 Å². The molecule has 1 aliphatic heterocycles. The summed E-state index contributed by atoms with van der Waals surface area (Å²) in [6, 6.07) is 5.88. The van der Waals surface area contributed by atoms with E-state index in [9.17, 15) is 4.79 Å². The molecule has 4 nitrogen and oxygen atoms in total. The first-order valence-corrected chi connectivity index (χ1v) is 8.38. The molecule has 0 aliphatic carbocycles. The van der Waals surface area contributed by atoms with Gasteiger partial charge in [0.05, 0.1) is 0 Å². The summed E-state index contributed by atoms with van der Waals surface area (Å²) >= 11 is 0. The van der Waals surface area contributed by atoms with E-state index >= 15 is 0 Å². The predicted octanol–water partition coefficient (Wildman–Crippen LogP) is 3.34. The lowest BCUT2D eigenvalue weighted by molar-refractivity contribution is -0.118. The SMILES string of the molecule is CCC(=O)N(c1ccccn1)[C@H](C)CN1CCCC(C)(C)C1. The summed E-state index contributed by atoms with van der Waals surface area (Å²) in [6.45, 7) is 11.8. The van der Waals surface area contributed by atoms with Gasteiger partial charge in [0.25, 0.3) is 0 Å². The number of pyridine rings is 1. The van der Waals surface area contributed by atoms with Crippen molar-refractivity contribution in [3.8, 4) is 0 Å². The Morgan fingerprint density at radius 3 is 2.82 bits per heavy atom. The number of nitrogens with zero attached hydrogens (tertiary/aromatic N) is 3. The van der Waals surface area contributed by atoms with Crippen LogP contribution in [0.25, 0.3) is 0 Å². The van der Waals surface area contributed by atoms with E-state index in [0.29, 0.717) is 11.8 Å². The second-order valence-electron chi connectivity index (χ2n) is 7.16. The molecule has 1 aromatic rings. The van der Waals surface area contributed by atoms with Crippen molar-refractivity contribution in [2.45, 2.75) is 53.0 Å². The summed E-state index contributed by atoms with van der Waals surface area (Å²) in [5.41, 5.74) is 0.378. The van der Waals surface area contributed by atoms with E-state index in [-0.39, 0.29) is 11.9 Å². The van der Waals surface area contributed by atoms with Crippen molar-refractivity contribution >= 4 is 11.7 Å². The molecule has 22 heavy (non-hydrogen) atoms. The number of likely N-dealkylation sites (tertiary alicyclic amines) is 1. The highest BCUT2D eigenvalue weighted by Gasteiger charge is 2.29. The van der Waals surface area contributed by atoms with E-state index in [1.807, 2.05) is 30.0 Å². The lowest BCUT2D eigenvalue weighted by Crippen LogP contribution is -2.49. The second-order valence-corrected chi connectivity index (χ2v) is 7.16. The topological polar surface area (TPSA) is 36.4 Å². The zero-order valence-electron chi connectivity index (χ0n) is 14.4. The van der Waals surface area contributed by atoms with E-state index in [1.54, 1.807) is 6.20 Å². The Kier molecular flexibility index (Phi) is 5.57. The first-order valence-electron chi connectivity index (χ1n) is 8.38. The normalized spacial score (nSPS) is 19.6. The van der Waals surface area contributed by atoms with E-state index in [1.165, 1.54) is 12.8 Å². The van der Waals surface area contributed by atoms with Gasteiger partial charge in [-0.25, -0.2) is 4.98 Å². The zero-order chi connectivity index (χ0) is 16.2. The number of anilines is 1. The molecule has 1 aliphatic rings. The summed E-state index contributed by atoms with van der Waals surface area (Å²) in [5, 5.41) is 0. The van der Waals surface area contributed by atoms with Crippen molar-refractivity contribution in [1.29, 1.82) is 0 Å². The Labute approximate surface area is 134 Å². The highest BCUT2D eigenvalue weighted by Crippen LogP contribution is 2.29. The molecule has 4 heteroatoms. The molecule has 1 aromatic heterocycles. The van der Waals surface area contributed by atoms with Crippen LogP contribution in [0.1, 0.15) is 47.0 Å². The van der Waals surface area contributed by atoms with E-state index in [2.05, 4.69) is 30.7 Å². The molecule has 122 valence electrons. The number of rotatable bonds is 5. The average Bonchev–Trinajstić information content (AvgIpc) is 2.47. The monoisotopic (exact) mass is 303 g/mol. The Morgan fingerprint density at radius 2 is 2.23 bits per heavy atom. The van der Waals surface area contributed by atoms with Crippen molar-refractivity contribution < 1.29 is 4.79 Å². The number of hydrogen-bond donors (Lipinski definition) is 0. The highest BCUT2D eigenvalue weighted by molar-refractivity contribution is 5.92. The van der Waals surface area contributed by atoms with Gasteiger partial charge in [-0.15, -0.1) is 0 Å². The van der Waals surface area contributed by atoms with Gasteiger partial charge in [0.2, 0.25) is 5.91 Å².